The van der Waals surface area contributed by atoms with Gasteiger partial charge in [0.05, 0.1) is 5.69 Å². The van der Waals surface area contributed by atoms with Gasteiger partial charge in [-0.2, -0.15) is 0 Å². The number of nitrogens with one attached hydrogen (secondary N) is 1. The second-order valence-corrected chi connectivity index (χ2v) is 8.80. The van der Waals surface area contributed by atoms with E-state index in [9.17, 15) is 9.00 Å². The van der Waals surface area contributed by atoms with Crippen molar-refractivity contribution in [2.24, 2.45) is 0 Å². The van der Waals surface area contributed by atoms with Crippen molar-refractivity contribution in [1.82, 2.24) is 9.55 Å². The Kier molecular flexibility index (Phi) is 5.11. The molecule has 1 amide bonds. The van der Waals surface area contributed by atoms with Crippen LogP contribution >= 0.6 is 11.3 Å². The van der Waals surface area contributed by atoms with Gasteiger partial charge >= 0.3 is 0 Å². The molecule has 5 nitrogen and oxygen atoms in total. The third-order valence-electron chi connectivity index (χ3n) is 4.48. The maximum Gasteiger partial charge on any atom is 0.257 e. The molecule has 1 atom stereocenters. The molecule has 0 aliphatic heterocycles. The molecular weight excluding hydrogens is 390 g/mol. The Balaban J connectivity index is 1.58. The van der Waals surface area contributed by atoms with Gasteiger partial charge in [0, 0.05) is 51.2 Å². The summed E-state index contributed by atoms with van der Waals surface area (Å²) in [6, 6.07) is 15.5. The van der Waals surface area contributed by atoms with Crippen LogP contribution in [0.15, 0.2) is 65.0 Å². The van der Waals surface area contributed by atoms with Gasteiger partial charge in [0.15, 0.2) is 5.13 Å². The van der Waals surface area contributed by atoms with Crippen molar-refractivity contribution in [1.29, 1.82) is 0 Å². The first-order chi connectivity index (χ1) is 13.5. The average Bonchev–Trinajstić information content (AvgIpc) is 3.28. The molecule has 2 aromatic carbocycles. The molecule has 0 aliphatic rings. The van der Waals surface area contributed by atoms with Gasteiger partial charge in [0.25, 0.3) is 5.91 Å². The molecule has 0 spiro atoms. The van der Waals surface area contributed by atoms with Crippen molar-refractivity contribution >= 4 is 44.1 Å². The fourth-order valence-corrected chi connectivity index (χ4v) is 4.23. The quantitative estimate of drug-likeness (QED) is 0.530. The topological polar surface area (TPSA) is 64.0 Å². The van der Waals surface area contributed by atoms with Crippen LogP contribution in [0.5, 0.6) is 0 Å². The zero-order valence-electron chi connectivity index (χ0n) is 15.5. The first kappa shape index (κ1) is 18.6. The lowest BCUT2D eigenvalue weighted by Gasteiger charge is -2.08. The molecule has 2 aromatic heterocycles. The summed E-state index contributed by atoms with van der Waals surface area (Å²) < 4.78 is 13.7. The predicted octanol–water partition coefficient (Wildman–Crippen LogP) is 4.44. The van der Waals surface area contributed by atoms with E-state index >= 15 is 0 Å². The first-order valence-electron chi connectivity index (χ1n) is 8.74. The Morgan fingerprint density at radius 2 is 1.96 bits per heavy atom. The van der Waals surface area contributed by atoms with Crippen molar-refractivity contribution in [3.63, 3.8) is 0 Å². The van der Waals surface area contributed by atoms with Gasteiger partial charge in [0.1, 0.15) is 0 Å². The van der Waals surface area contributed by atoms with Crippen LogP contribution in [-0.2, 0) is 17.3 Å². The van der Waals surface area contributed by atoms with Gasteiger partial charge in [0.2, 0.25) is 0 Å². The van der Waals surface area contributed by atoms with E-state index in [-0.39, 0.29) is 5.91 Å². The Morgan fingerprint density at radius 1 is 1.18 bits per heavy atom. The number of fused-ring (bicyclic) bond motifs is 1. The molecule has 0 bridgehead atoms. The molecule has 0 fully saturated rings. The predicted molar refractivity (Wildman–Crippen MR) is 115 cm³/mol. The fraction of sp³-hybridized carbons (Fsp3) is 0.143. The molecule has 7 heteroatoms. The molecule has 0 saturated carbocycles. The van der Waals surface area contributed by atoms with Crippen molar-refractivity contribution < 1.29 is 9.00 Å². The lowest BCUT2D eigenvalue weighted by molar-refractivity contribution is 0.102. The van der Waals surface area contributed by atoms with Crippen LogP contribution in [0.1, 0.15) is 21.6 Å². The number of hydrogen-bond acceptors (Lipinski definition) is 4. The number of aromatic nitrogens is 2. The second kappa shape index (κ2) is 7.69. The maximum absolute atomic E-state index is 12.6. The number of rotatable bonds is 5. The van der Waals surface area contributed by atoms with E-state index in [0.717, 1.165) is 27.1 Å². The van der Waals surface area contributed by atoms with Gasteiger partial charge in [-0.25, -0.2) is 4.98 Å². The third-order valence-corrected chi connectivity index (χ3v) is 6.30. The molecule has 0 saturated heterocycles. The van der Waals surface area contributed by atoms with E-state index in [1.807, 2.05) is 67.0 Å². The number of carbonyl (C=O) groups is 1. The highest BCUT2D eigenvalue weighted by Crippen LogP contribution is 2.21. The van der Waals surface area contributed by atoms with Gasteiger partial charge in [-0.05, 0) is 48.2 Å². The smallest absolute Gasteiger partial charge is 0.257 e. The highest BCUT2D eigenvalue weighted by atomic mass is 32.2. The molecule has 1 N–H and O–H groups in total. The minimum Gasteiger partial charge on any atom is -0.343 e. The van der Waals surface area contributed by atoms with E-state index < -0.39 is 10.8 Å². The number of thiazole rings is 1. The number of carbonyl (C=O) groups excluding carboxylic acids is 1. The minimum atomic E-state index is -0.978. The lowest BCUT2D eigenvalue weighted by Crippen LogP contribution is -2.11. The summed E-state index contributed by atoms with van der Waals surface area (Å²) in [5.74, 6) is -0.168. The normalized spacial score (nSPS) is 12.2. The van der Waals surface area contributed by atoms with E-state index in [1.165, 1.54) is 11.3 Å². The fourth-order valence-electron chi connectivity index (χ4n) is 3.03. The van der Waals surface area contributed by atoms with Crippen LogP contribution < -0.4 is 5.32 Å². The zero-order valence-corrected chi connectivity index (χ0v) is 17.1. The van der Waals surface area contributed by atoms with Crippen molar-refractivity contribution in [2.45, 2.75) is 18.4 Å². The van der Waals surface area contributed by atoms with Gasteiger partial charge in [-0.3, -0.25) is 14.3 Å². The molecule has 0 radical (unpaired) electrons. The van der Waals surface area contributed by atoms with Crippen molar-refractivity contribution in [3.8, 4) is 0 Å². The zero-order chi connectivity index (χ0) is 19.7. The number of aryl methyl sites for hydroxylation is 1. The Bertz CT molecular complexity index is 1180. The number of amides is 1. The van der Waals surface area contributed by atoms with Crippen molar-refractivity contribution in [2.75, 3.05) is 11.6 Å². The van der Waals surface area contributed by atoms with E-state index in [0.29, 0.717) is 17.2 Å². The minimum absolute atomic E-state index is 0.168. The SMILES string of the molecule is Cc1csc(NC(=O)c2ccc3ccn(Cc4ccc(S(C)=O)cc4)c3c2)n1. The third kappa shape index (κ3) is 3.90. The molecule has 0 aliphatic carbocycles. The summed E-state index contributed by atoms with van der Waals surface area (Å²) in [4.78, 5) is 17.7. The lowest BCUT2D eigenvalue weighted by atomic mass is 10.1. The van der Waals surface area contributed by atoms with E-state index in [2.05, 4.69) is 14.9 Å². The summed E-state index contributed by atoms with van der Waals surface area (Å²) in [7, 11) is -0.978. The summed E-state index contributed by atoms with van der Waals surface area (Å²) in [6.07, 6.45) is 3.69. The molecule has 28 heavy (non-hydrogen) atoms. The Labute approximate surface area is 169 Å². The molecule has 4 rings (SSSR count). The number of anilines is 1. The highest BCUT2D eigenvalue weighted by Gasteiger charge is 2.11. The maximum atomic E-state index is 12.6. The highest BCUT2D eigenvalue weighted by molar-refractivity contribution is 7.84. The van der Waals surface area contributed by atoms with Gasteiger partial charge in [-0.15, -0.1) is 11.3 Å². The molecular formula is C21H19N3O2S2. The summed E-state index contributed by atoms with van der Waals surface area (Å²) in [5, 5.41) is 6.44. The average molecular weight is 410 g/mol. The summed E-state index contributed by atoms with van der Waals surface area (Å²) in [5.41, 5.74) is 3.59. The number of benzene rings is 2. The van der Waals surface area contributed by atoms with Crippen LogP contribution in [0, 0.1) is 6.92 Å². The molecule has 142 valence electrons. The van der Waals surface area contributed by atoms with Crippen LogP contribution in [0.3, 0.4) is 0 Å². The second-order valence-electron chi connectivity index (χ2n) is 6.56. The van der Waals surface area contributed by atoms with Crippen LogP contribution in [0.2, 0.25) is 0 Å². The molecule has 2 heterocycles. The largest absolute Gasteiger partial charge is 0.343 e. The van der Waals surface area contributed by atoms with Crippen LogP contribution in [0.4, 0.5) is 5.13 Å². The summed E-state index contributed by atoms with van der Waals surface area (Å²) in [6.45, 7) is 2.58. The Hall–Kier alpha value is -2.77. The Morgan fingerprint density at radius 3 is 2.64 bits per heavy atom. The van der Waals surface area contributed by atoms with Gasteiger partial charge < -0.3 is 4.57 Å². The van der Waals surface area contributed by atoms with E-state index in [1.54, 1.807) is 6.26 Å². The molecule has 4 aromatic rings. The molecule has 1 unspecified atom stereocenters. The number of hydrogen-bond donors (Lipinski definition) is 1. The van der Waals surface area contributed by atoms with Crippen LogP contribution in [0.25, 0.3) is 10.9 Å². The number of nitrogens with zero attached hydrogens (tertiary/aromatic N) is 2. The summed E-state index contributed by atoms with van der Waals surface area (Å²) >= 11 is 1.42. The van der Waals surface area contributed by atoms with E-state index in [4.69, 9.17) is 0 Å². The monoisotopic (exact) mass is 409 g/mol. The van der Waals surface area contributed by atoms with Crippen molar-refractivity contribution in [3.05, 3.63) is 76.9 Å². The van der Waals surface area contributed by atoms with Gasteiger partial charge in [-0.1, -0.05) is 18.2 Å². The standard InChI is InChI=1S/C21H19N3O2S2/c1-14-13-27-21(22-14)23-20(25)17-6-5-16-9-10-24(19(16)11-17)12-15-3-7-18(8-4-15)28(2)26/h3-11,13H,12H2,1-2H3,(H,22,23,25). The van der Waals surface area contributed by atoms with Crippen LogP contribution in [-0.4, -0.2) is 25.9 Å². The first-order valence-corrected chi connectivity index (χ1v) is 11.2.